The molecule has 0 radical (unpaired) electrons. The molecule has 2 aliphatic rings. The third kappa shape index (κ3) is 3.71. The summed E-state index contributed by atoms with van der Waals surface area (Å²) in [5, 5.41) is 11.1. The third-order valence-electron chi connectivity index (χ3n) is 5.59. The number of amides is 1. The zero-order valence-corrected chi connectivity index (χ0v) is 18.8. The molecular weight excluding hydrogens is 446 g/mol. The Labute approximate surface area is 192 Å². The summed E-state index contributed by atoms with van der Waals surface area (Å²) in [6.07, 6.45) is 1.82. The molecule has 2 aliphatic heterocycles. The number of hydrogen-bond donors (Lipinski definition) is 2. The van der Waals surface area contributed by atoms with E-state index >= 15 is 0 Å². The van der Waals surface area contributed by atoms with E-state index in [2.05, 4.69) is 30.8 Å². The third-order valence-corrected chi connectivity index (χ3v) is 7.85. The maximum absolute atomic E-state index is 11.8. The van der Waals surface area contributed by atoms with Crippen molar-refractivity contribution < 1.29 is 9.53 Å². The molecule has 1 amide bonds. The number of H-pyrrole nitrogens is 1. The van der Waals surface area contributed by atoms with Crippen LogP contribution in [0.25, 0.3) is 32.5 Å². The van der Waals surface area contributed by atoms with Gasteiger partial charge in [0.25, 0.3) is 0 Å². The predicted molar refractivity (Wildman–Crippen MR) is 126 cm³/mol. The highest BCUT2D eigenvalue weighted by Gasteiger charge is 2.23. The van der Waals surface area contributed by atoms with Gasteiger partial charge in [-0.2, -0.15) is 5.10 Å². The highest BCUT2D eigenvalue weighted by molar-refractivity contribution is 7.99. The summed E-state index contributed by atoms with van der Waals surface area (Å²) in [6, 6.07) is 8.15. The minimum Gasteiger partial charge on any atom is -0.378 e. The van der Waals surface area contributed by atoms with Crippen LogP contribution in [0.15, 0.2) is 34.7 Å². The molecule has 1 aromatic carbocycles. The van der Waals surface area contributed by atoms with Crippen LogP contribution in [0.3, 0.4) is 0 Å². The lowest BCUT2D eigenvalue weighted by Crippen LogP contribution is -2.44. The van der Waals surface area contributed by atoms with Gasteiger partial charge in [-0.05, 0) is 24.1 Å². The Kier molecular flexibility index (Phi) is 5.18. The van der Waals surface area contributed by atoms with Gasteiger partial charge in [0.1, 0.15) is 0 Å². The van der Waals surface area contributed by atoms with Gasteiger partial charge < -0.3 is 15.0 Å². The van der Waals surface area contributed by atoms with Gasteiger partial charge in [-0.1, -0.05) is 12.1 Å². The van der Waals surface area contributed by atoms with Gasteiger partial charge in [-0.25, -0.2) is 14.3 Å². The summed E-state index contributed by atoms with van der Waals surface area (Å²) in [5.74, 6) is 1.70. The van der Waals surface area contributed by atoms with Crippen LogP contribution in [-0.2, 0) is 9.53 Å². The van der Waals surface area contributed by atoms with Gasteiger partial charge >= 0.3 is 0 Å². The Hall–Kier alpha value is -2.73. The fourth-order valence-electron chi connectivity index (χ4n) is 4.03. The molecule has 0 atom stereocenters. The zero-order valence-electron chi connectivity index (χ0n) is 17.2. The van der Waals surface area contributed by atoms with E-state index in [1.54, 1.807) is 23.3 Å². The van der Waals surface area contributed by atoms with Crippen molar-refractivity contribution in [2.75, 3.05) is 50.8 Å². The topological polar surface area (TPSA) is 99.3 Å². The number of morpholine rings is 1. The first-order chi connectivity index (χ1) is 15.7. The number of ether oxygens (including phenoxy) is 1. The van der Waals surface area contributed by atoms with Gasteiger partial charge in [0.15, 0.2) is 11.6 Å². The van der Waals surface area contributed by atoms with Crippen LogP contribution in [0.2, 0.25) is 0 Å². The quantitative estimate of drug-likeness (QED) is 0.442. The van der Waals surface area contributed by atoms with E-state index in [1.807, 2.05) is 24.4 Å². The molecule has 164 valence electrons. The second-order valence-corrected chi connectivity index (χ2v) is 10.1. The molecule has 0 aliphatic carbocycles. The monoisotopic (exact) mass is 467 g/mol. The molecule has 4 aromatic rings. The lowest BCUT2D eigenvalue weighted by atomic mass is 10.1. The Morgan fingerprint density at radius 3 is 2.94 bits per heavy atom. The highest BCUT2D eigenvalue weighted by Crippen LogP contribution is 2.40. The van der Waals surface area contributed by atoms with Crippen LogP contribution in [0.1, 0.15) is 0 Å². The molecule has 0 saturated carbocycles. The summed E-state index contributed by atoms with van der Waals surface area (Å²) >= 11 is 3.31. The molecule has 5 heterocycles. The smallest absolute Gasteiger partial charge is 0.235 e. The Morgan fingerprint density at radius 2 is 2.06 bits per heavy atom. The number of carbonyl (C=O) groups excluding carboxylic acids is 1. The van der Waals surface area contributed by atoms with Crippen LogP contribution in [0.5, 0.6) is 0 Å². The van der Waals surface area contributed by atoms with Crippen molar-refractivity contribution in [3.63, 3.8) is 0 Å². The molecule has 3 aromatic heterocycles. The minimum atomic E-state index is 0.0640. The van der Waals surface area contributed by atoms with E-state index in [0.717, 1.165) is 56.3 Å². The normalized spacial score (nSPS) is 17.9. The van der Waals surface area contributed by atoms with Gasteiger partial charge in [0.05, 0.1) is 45.9 Å². The van der Waals surface area contributed by atoms with Crippen molar-refractivity contribution in [1.29, 1.82) is 0 Å². The Bertz CT molecular complexity index is 1300. The average Bonchev–Trinajstić information content (AvgIpc) is 3.45. The number of benzene rings is 1. The van der Waals surface area contributed by atoms with Crippen LogP contribution in [0, 0.1) is 0 Å². The van der Waals surface area contributed by atoms with E-state index in [-0.39, 0.29) is 5.91 Å². The number of nitrogens with zero attached hydrogens (tertiary/aromatic N) is 5. The number of piperazine rings is 1. The van der Waals surface area contributed by atoms with Crippen LogP contribution >= 0.6 is 23.3 Å². The van der Waals surface area contributed by atoms with Crippen molar-refractivity contribution in [2.24, 2.45) is 0 Å². The maximum Gasteiger partial charge on any atom is 0.235 e. The van der Waals surface area contributed by atoms with Gasteiger partial charge in [-0.3, -0.25) is 9.89 Å². The number of thiophene rings is 1. The summed E-state index contributed by atoms with van der Waals surface area (Å²) < 4.78 is 9.84. The molecule has 9 nitrogen and oxygen atoms in total. The van der Waals surface area contributed by atoms with E-state index in [0.29, 0.717) is 32.1 Å². The molecule has 0 bridgehead atoms. The first-order valence-electron chi connectivity index (χ1n) is 10.5. The van der Waals surface area contributed by atoms with E-state index in [9.17, 15) is 4.79 Å². The molecular formula is C21H21N7O2S2. The lowest BCUT2D eigenvalue weighted by Gasteiger charge is -2.28. The second-order valence-electron chi connectivity index (χ2n) is 7.69. The van der Waals surface area contributed by atoms with Gasteiger partial charge in [0.2, 0.25) is 5.91 Å². The Morgan fingerprint density at radius 1 is 1.16 bits per heavy atom. The first kappa shape index (κ1) is 19.9. The Balaban J connectivity index is 1.45. The number of hydrogen-bond acceptors (Lipinski definition) is 9. The number of fused-ring (bicyclic) bond motifs is 2. The second kappa shape index (κ2) is 8.32. The number of carbonyl (C=O) groups is 1. The predicted octanol–water partition coefficient (Wildman–Crippen LogP) is 2.51. The van der Waals surface area contributed by atoms with Crippen LogP contribution < -0.4 is 10.2 Å². The molecule has 2 fully saturated rings. The van der Waals surface area contributed by atoms with Crippen molar-refractivity contribution in [3.05, 3.63) is 30.5 Å². The fraction of sp³-hybridized carbons (Fsp3) is 0.333. The van der Waals surface area contributed by atoms with E-state index in [1.165, 1.54) is 0 Å². The standard InChI is InChI=1S/C21H21N7O2S2/c29-17-12-28(5-4-22-17)32-18-10-16-19(31-18)21(27-6-8-30-9-7-27)25-20(24-16)13-2-1-3-15-14(13)11-23-26-15/h1-3,10-11H,4-9,12H2,(H,22,29)(H,23,26). The van der Waals surface area contributed by atoms with Gasteiger partial charge in [-0.15, -0.1) is 11.3 Å². The van der Waals surface area contributed by atoms with Crippen molar-refractivity contribution in [3.8, 4) is 11.4 Å². The molecule has 0 spiro atoms. The molecule has 0 unspecified atom stereocenters. The molecule has 32 heavy (non-hydrogen) atoms. The van der Waals surface area contributed by atoms with Crippen LogP contribution in [0.4, 0.5) is 5.82 Å². The fourth-order valence-corrected chi connectivity index (χ4v) is 6.38. The van der Waals surface area contributed by atoms with Crippen molar-refractivity contribution in [2.45, 2.75) is 4.21 Å². The number of rotatable bonds is 4. The number of aromatic nitrogens is 4. The zero-order chi connectivity index (χ0) is 21.5. The molecule has 6 rings (SSSR count). The van der Waals surface area contributed by atoms with Crippen LogP contribution in [-0.4, -0.2) is 76.3 Å². The number of anilines is 1. The first-order valence-corrected chi connectivity index (χ1v) is 12.1. The highest BCUT2D eigenvalue weighted by atomic mass is 32.2. The molecule has 11 heteroatoms. The van der Waals surface area contributed by atoms with E-state index in [4.69, 9.17) is 14.7 Å². The summed E-state index contributed by atoms with van der Waals surface area (Å²) in [7, 11) is 0. The lowest BCUT2D eigenvalue weighted by molar-refractivity contribution is -0.122. The van der Waals surface area contributed by atoms with Crippen molar-refractivity contribution in [1.82, 2.24) is 29.8 Å². The minimum absolute atomic E-state index is 0.0640. The number of nitrogens with one attached hydrogen (secondary N) is 2. The largest absolute Gasteiger partial charge is 0.378 e. The summed E-state index contributed by atoms with van der Waals surface area (Å²) in [4.78, 5) is 24.0. The average molecular weight is 468 g/mol. The van der Waals surface area contributed by atoms with Crippen molar-refractivity contribution >= 4 is 56.1 Å². The van der Waals surface area contributed by atoms with E-state index < -0.39 is 0 Å². The SMILES string of the molecule is O=C1CN(Sc2cc3nc(-c4cccc5[nH]ncc45)nc(N4CCOCC4)c3s2)CCN1. The maximum atomic E-state index is 11.8. The molecule has 2 saturated heterocycles. The molecule has 2 N–H and O–H groups in total. The van der Waals surface area contributed by atoms with Gasteiger partial charge in [0, 0.05) is 37.1 Å². The summed E-state index contributed by atoms with van der Waals surface area (Å²) in [5.41, 5.74) is 2.84. The number of aromatic amines is 1. The summed E-state index contributed by atoms with van der Waals surface area (Å²) in [6.45, 7) is 4.87.